The lowest BCUT2D eigenvalue weighted by Gasteiger charge is -2.27. The second-order valence-electron chi connectivity index (χ2n) is 9.12. The molecule has 0 aromatic heterocycles. The number of benzene rings is 3. The van der Waals surface area contributed by atoms with Crippen molar-refractivity contribution < 1.29 is 14.3 Å². The third-order valence-electron chi connectivity index (χ3n) is 6.56. The first-order valence-corrected chi connectivity index (χ1v) is 12.6. The summed E-state index contributed by atoms with van der Waals surface area (Å²) in [5.74, 6) is 1.58. The number of anilines is 1. The van der Waals surface area contributed by atoms with Gasteiger partial charge in [0.2, 0.25) is 0 Å². The molecule has 0 radical (unpaired) electrons. The van der Waals surface area contributed by atoms with Gasteiger partial charge in [0.15, 0.2) is 6.61 Å². The lowest BCUT2D eigenvalue weighted by atomic mass is 9.99. The van der Waals surface area contributed by atoms with Crippen LogP contribution in [0.15, 0.2) is 66.7 Å². The zero-order chi connectivity index (χ0) is 24.5. The van der Waals surface area contributed by atoms with Crippen LogP contribution < -0.4 is 19.7 Å². The van der Waals surface area contributed by atoms with Gasteiger partial charge in [0.05, 0.1) is 7.11 Å². The zero-order valence-electron chi connectivity index (χ0n) is 20.9. The average Bonchev–Trinajstić information content (AvgIpc) is 2.88. The number of hydrogen-bond donors (Lipinski definition) is 1. The van der Waals surface area contributed by atoms with E-state index in [1.165, 1.54) is 19.3 Å². The number of para-hydroxylation sites is 1. The third-order valence-corrected chi connectivity index (χ3v) is 6.56. The predicted molar refractivity (Wildman–Crippen MR) is 142 cm³/mol. The maximum Gasteiger partial charge on any atom is 0.264 e. The molecule has 0 aliphatic carbocycles. The van der Waals surface area contributed by atoms with Crippen LogP contribution in [0.4, 0.5) is 5.69 Å². The number of amides is 1. The van der Waals surface area contributed by atoms with Crippen molar-refractivity contribution in [2.24, 2.45) is 0 Å². The molecule has 1 heterocycles. The van der Waals surface area contributed by atoms with Gasteiger partial charge in [-0.3, -0.25) is 4.79 Å². The standard InChI is InChI=1S/C30H36N2O3/c1-23-19-24(14-16-29(23)34-2)25-13-15-28-26(20-25)21-31-17-9-4-3-5-10-18-32(28)30(33)22-35-27-11-7-6-8-12-27/h6-8,11-16,19-20,31H,3-5,9-10,17-18,21-22H2,1-2H3. The molecule has 1 N–H and O–H groups in total. The molecule has 4 rings (SSSR count). The Balaban J connectivity index is 1.63. The highest BCUT2D eigenvalue weighted by atomic mass is 16.5. The highest BCUT2D eigenvalue weighted by molar-refractivity contribution is 5.95. The summed E-state index contributed by atoms with van der Waals surface area (Å²) in [7, 11) is 1.70. The summed E-state index contributed by atoms with van der Waals surface area (Å²) in [4.78, 5) is 15.3. The molecule has 0 saturated carbocycles. The number of hydrogen-bond acceptors (Lipinski definition) is 4. The molecule has 0 unspecified atom stereocenters. The maximum absolute atomic E-state index is 13.4. The number of nitrogens with one attached hydrogen (secondary N) is 1. The predicted octanol–water partition coefficient (Wildman–Crippen LogP) is 6.14. The topological polar surface area (TPSA) is 50.8 Å². The Morgan fingerprint density at radius 2 is 1.66 bits per heavy atom. The molecule has 35 heavy (non-hydrogen) atoms. The third kappa shape index (κ3) is 6.64. The lowest BCUT2D eigenvalue weighted by molar-refractivity contribution is -0.120. The molecule has 1 amide bonds. The number of methoxy groups -OCH3 is 1. The number of rotatable bonds is 5. The maximum atomic E-state index is 13.4. The van der Waals surface area contributed by atoms with Gasteiger partial charge in [-0.2, -0.15) is 0 Å². The van der Waals surface area contributed by atoms with E-state index in [1.807, 2.05) is 41.3 Å². The van der Waals surface area contributed by atoms with E-state index in [9.17, 15) is 4.79 Å². The largest absolute Gasteiger partial charge is 0.496 e. The molecular weight excluding hydrogens is 436 g/mol. The fourth-order valence-electron chi connectivity index (χ4n) is 4.62. The molecular formula is C30H36N2O3. The van der Waals surface area contributed by atoms with E-state index in [4.69, 9.17) is 9.47 Å². The first kappa shape index (κ1) is 24.8. The van der Waals surface area contributed by atoms with Crippen LogP contribution in [0.5, 0.6) is 11.5 Å². The fourth-order valence-corrected chi connectivity index (χ4v) is 4.62. The van der Waals surface area contributed by atoms with Gasteiger partial charge in [0.1, 0.15) is 11.5 Å². The normalized spacial score (nSPS) is 14.9. The Hall–Kier alpha value is -3.31. The van der Waals surface area contributed by atoms with Crippen molar-refractivity contribution >= 4 is 11.6 Å². The minimum absolute atomic E-state index is 0.0137. The molecule has 1 aliphatic heterocycles. The van der Waals surface area contributed by atoms with Gasteiger partial charge in [0, 0.05) is 18.8 Å². The van der Waals surface area contributed by atoms with Crippen LogP contribution in [-0.2, 0) is 11.3 Å². The number of carbonyl (C=O) groups excluding carboxylic acids is 1. The van der Waals surface area contributed by atoms with E-state index < -0.39 is 0 Å². The number of nitrogens with zero attached hydrogens (tertiary/aromatic N) is 1. The number of fused-ring (bicyclic) bond motifs is 1. The summed E-state index contributed by atoms with van der Waals surface area (Å²) in [6.07, 6.45) is 5.72. The summed E-state index contributed by atoms with van der Waals surface area (Å²) in [6.45, 7) is 4.49. The Kier molecular flexibility index (Phi) is 8.79. The van der Waals surface area contributed by atoms with Crippen LogP contribution in [-0.4, -0.2) is 32.7 Å². The molecule has 5 nitrogen and oxygen atoms in total. The molecule has 5 heteroatoms. The first-order valence-electron chi connectivity index (χ1n) is 12.6. The van der Waals surface area contributed by atoms with Gasteiger partial charge < -0.3 is 19.7 Å². The minimum Gasteiger partial charge on any atom is -0.496 e. The van der Waals surface area contributed by atoms with Crippen molar-refractivity contribution in [2.75, 3.05) is 31.7 Å². The van der Waals surface area contributed by atoms with Crippen LogP contribution in [0.2, 0.25) is 0 Å². The van der Waals surface area contributed by atoms with Crippen molar-refractivity contribution in [3.8, 4) is 22.6 Å². The zero-order valence-corrected chi connectivity index (χ0v) is 20.9. The molecule has 0 bridgehead atoms. The number of carbonyl (C=O) groups is 1. The average molecular weight is 473 g/mol. The number of ether oxygens (including phenoxy) is 2. The fraction of sp³-hybridized carbons (Fsp3) is 0.367. The highest BCUT2D eigenvalue weighted by Gasteiger charge is 2.20. The molecule has 184 valence electrons. The minimum atomic E-state index is -0.0137. The van der Waals surface area contributed by atoms with Crippen LogP contribution in [0.1, 0.15) is 43.2 Å². The van der Waals surface area contributed by atoms with E-state index in [0.29, 0.717) is 12.3 Å². The monoisotopic (exact) mass is 472 g/mol. The van der Waals surface area contributed by atoms with E-state index in [0.717, 1.165) is 59.6 Å². The molecule has 0 spiro atoms. The van der Waals surface area contributed by atoms with E-state index in [2.05, 4.69) is 42.6 Å². The van der Waals surface area contributed by atoms with Gasteiger partial charge in [-0.1, -0.05) is 49.6 Å². The molecule has 0 fully saturated rings. The van der Waals surface area contributed by atoms with Crippen molar-refractivity contribution in [1.29, 1.82) is 0 Å². The van der Waals surface area contributed by atoms with Crippen LogP contribution in [0.3, 0.4) is 0 Å². The van der Waals surface area contributed by atoms with Gasteiger partial charge >= 0.3 is 0 Å². The van der Waals surface area contributed by atoms with Crippen LogP contribution >= 0.6 is 0 Å². The quantitative estimate of drug-likeness (QED) is 0.485. The summed E-state index contributed by atoms with van der Waals surface area (Å²) < 4.78 is 11.3. The Bertz CT molecular complexity index is 1110. The summed E-state index contributed by atoms with van der Waals surface area (Å²) in [6, 6.07) is 22.2. The van der Waals surface area contributed by atoms with Crippen molar-refractivity contribution in [3.05, 3.63) is 77.9 Å². The van der Waals surface area contributed by atoms with Crippen molar-refractivity contribution in [2.45, 2.75) is 45.6 Å². The SMILES string of the molecule is COc1ccc(-c2ccc3c(c2)CNCCCCCCCN3C(=O)COc2ccccc2)cc1C. The van der Waals surface area contributed by atoms with Crippen LogP contribution in [0.25, 0.3) is 11.1 Å². The second-order valence-corrected chi connectivity index (χ2v) is 9.12. The highest BCUT2D eigenvalue weighted by Crippen LogP contribution is 2.31. The molecule has 3 aromatic rings. The van der Waals surface area contributed by atoms with E-state index in [1.54, 1.807) is 7.11 Å². The first-order chi connectivity index (χ1) is 17.2. The smallest absolute Gasteiger partial charge is 0.264 e. The van der Waals surface area contributed by atoms with E-state index in [-0.39, 0.29) is 12.5 Å². The van der Waals surface area contributed by atoms with Crippen molar-refractivity contribution in [3.63, 3.8) is 0 Å². The lowest BCUT2D eigenvalue weighted by Crippen LogP contribution is -2.37. The molecule has 0 atom stereocenters. The van der Waals surface area contributed by atoms with Gasteiger partial charge in [-0.25, -0.2) is 0 Å². The Morgan fingerprint density at radius 3 is 2.46 bits per heavy atom. The van der Waals surface area contributed by atoms with E-state index >= 15 is 0 Å². The molecule has 0 saturated heterocycles. The van der Waals surface area contributed by atoms with Gasteiger partial charge in [-0.05, 0) is 85.0 Å². The summed E-state index contributed by atoms with van der Waals surface area (Å²) >= 11 is 0. The Labute approximate surface area is 209 Å². The summed E-state index contributed by atoms with van der Waals surface area (Å²) in [5.41, 5.74) is 5.47. The van der Waals surface area contributed by atoms with Crippen molar-refractivity contribution in [1.82, 2.24) is 5.32 Å². The second kappa shape index (κ2) is 12.4. The molecule has 3 aromatic carbocycles. The van der Waals surface area contributed by atoms with Gasteiger partial charge in [0.25, 0.3) is 5.91 Å². The Morgan fingerprint density at radius 1 is 0.914 bits per heavy atom. The summed E-state index contributed by atoms with van der Waals surface area (Å²) in [5, 5.41) is 3.60. The van der Waals surface area contributed by atoms with Crippen LogP contribution in [0, 0.1) is 6.92 Å². The molecule has 1 aliphatic rings. The number of aryl methyl sites for hydroxylation is 1. The van der Waals surface area contributed by atoms with Gasteiger partial charge in [-0.15, -0.1) is 0 Å².